The molecule has 0 aromatic heterocycles. The Bertz CT molecular complexity index is 593. The largest absolute Gasteiger partial charge is 0.416 e. The highest BCUT2D eigenvalue weighted by molar-refractivity contribution is 5.96. The number of amides is 2. The summed E-state index contributed by atoms with van der Waals surface area (Å²) in [5, 5.41) is 14.6. The average Bonchev–Trinajstić information content (AvgIpc) is 2.57. The van der Waals surface area contributed by atoms with Crippen molar-refractivity contribution < 1.29 is 27.9 Å². The van der Waals surface area contributed by atoms with E-state index in [2.05, 4.69) is 10.6 Å². The van der Waals surface area contributed by atoms with E-state index in [4.69, 9.17) is 5.73 Å². The molecule has 0 saturated carbocycles. The lowest BCUT2D eigenvalue weighted by Crippen LogP contribution is -2.50. The molecule has 6 nitrogen and oxygen atoms in total. The molecule has 1 aromatic carbocycles. The predicted molar refractivity (Wildman–Crippen MR) is 85.7 cm³/mol. The van der Waals surface area contributed by atoms with Gasteiger partial charge in [0.1, 0.15) is 0 Å². The molecule has 0 fully saturated rings. The monoisotopic (exact) mass is 361 g/mol. The number of nitrogens with two attached hydrogens (primary N) is 1. The van der Waals surface area contributed by atoms with Gasteiger partial charge in [0.25, 0.3) is 5.91 Å². The van der Waals surface area contributed by atoms with E-state index in [1.165, 1.54) is 6.07 Å². The molecule has 0 spiro atoms. The summed E-state index contributed by atoms with van der Waals surface area (Å²) >= 11 is 0. The van der Waals surface area contributed by atoms with E-state index < -0.39 is 42.2 Å². The van der Waals surface area contributed by atoms with Crippen molar-refractivity contribution in [2.45, 2.75) is 38.1 Å². The van der Waals surface area contributed by atoms with Crippen molar-refractivity contribution in [2.24, 2.45) is 5.73 Å². The normalized spacial score (nSPS) is 13.8. The molecule has 2 atom stereocenters. The van der Waals surface area contributed by atoms with Crippen LogP contribution in [0.4, 0.5) is 13.2 Å². The van der Waals surface area contributed by atoms with Crippen molar-refractivity contribution in [1.29, 1.82) is 0 Å². The van der Waals surface area contributed by atoms with Gasteiger partial charge in [-0.25, -0.2) is 0 Å². The molecule has 140 valence electrons. The summed E-state index contributed by atoms with van der Waals surface area (Å²) in [5.41, 5.74) is 4.33. The van der Waals surface area contributed by atoms with Crippen molar-refractivity contribution in [3.63, 3.8) is 0 Å². The molecule has 2 amide bonds. The van der Waals surface area contributed by atoms with Crippen LogP contribution in [0.15, 0.2) is 24.3 Å². The molecule has 0 bridgehead atoms. The van der Waals surface area contributed by atoms with E-state index in [1.807, 2.05) is 6.92 Å². The molecule has 0 radical (unpaired) electrons. The van der Waals surface area contributed by atoms with Crippen molar-refractivity contribution >= 4 is 11.8 Å². The van der Waals surface area contributed by atoms with E-state index in [9.17, 15) is 27.9 Å². The van der Waals surface area contributed by atoms with Gasteiger partial charge in [-0.2, -0.15) is 13.2 Å². The average molecular weight is 361 g/mol. The Hall–Kier alpha value is -2.13. The van der Waals surface area contributed by atoms with E-state index in [1.54, 1.807) is 0 Å². The highest BCUT2D eigenvalue weighted by Gasteiger charge is 2.31. The second-order valence-corrected chi connectivity index (χ2v) is 5.53. The van der Waals surface area contributed by atoms with Gasteiger partial charge in [-0.3, -0.25) is 9.59 Å². The number of hydrogen-bond donors (Lipinski definition) is 4. The van der Waals surface area contributed by atoms with Crippen molar-refractivity contribution in [1.82, 2.24) is 10.6 Å². The zero-order valence-corrected chi connectivity index (χ0v) is 13.8. The third-order valence-corrected chi connectivity index (χ3v) is 3.51. The number of carbonyl (C=O) groups is 2. The highest BCUT2D eigenvalue weighted by Crippen LogP contribution is 2.29. The van der Waals surface area contributed by atoms with Crippen LogP contribution < -0.4 is 16.4 Å². The number of alkyl halides is 3. The third kappa shape index (κ3) is 6.71. The molecule has 1 unspecified atom stereocenters. The summed E-state index contributed by atoms with van der Waals surface area (Å²) in [6.07, 6.45) is -4.20. The fourth-order valence-electron chi connectivity index (χ4n) is 2.17. The Morgan fingerprint density at radius 3 is 2.56 bits per heavy atom. The molecular formula is C16H22F3N3O3. The van der Waals surface area contributed by atoms with Crippen LogP contribution in [0, 0.1) is 0 Å². The summed E-state index contributed by atoms with van der Waals surface area (Å²) in [5.74, 6) is -1.40. The molecule has 5 N–H and O–H groups in total. The first-order chi connectivity index (χ1) is 11.7. The smallest absolute Gasteiger partial charge is 0.391 e. The minimum Gasteiger partial charge on any atom is -0.391 e. The number of hydrogen-bond acceptors (Lipinski definition) is 4. The summed E-state index contributed by atoms with van der Waals surface area (Å²) in [6.45, 7) is 1.45. The SMILES string of the molecule is CCC[C@H](O)C(CN)NC(=O)CNC(=O)c1cccc(C(F)(F)F)c1. The van der Waals surface area contributed by atoms with E-state index >= 15 is 0 Å². The molecule has 9 heteroatoms. The van der Waals surface area contributed by atoms with Crippen LogP contribution in [0.1, 0.15) is 35.7 Å². The quantitative estimate of drug-likeness (QED) is 0.555. The fourth-order valence-corrected chi connectivity index (χ4v) is 2.17. The molecular weight excluding hydrogens is 339 g/mol. The van der Waals surface area contributed by atoms with E-state index in [0.29, 0.717) is 18.9 Å². The lowest BCUT2D eigenvalue weighted by Gasteiger charge is -2.22. The Balaban J connectivity index is 2.60. The minimum atomic E-state index is -4.56. The van der Waals surface area contributed by atoms with Crippen molar-refractivity contribution in [3.8, 4) is 0 Å². The van der Waals surface area contributed by atoms with Gasteiger partial charge in [0.2, 0.25) is 5.91 Å². The summed E-state index contributed by atoms with van der Waals surface area (Å²) in [7, 11) is 0. The number of aliphatic hydroxyl groups excluding tert-OH is 1. The Morgan fingerprint density at radius 1 is 1.32 bits per heavy atom. The van der Waals surface area contributed by atoms with Crippen molar-refractivity contribution in [2.75, 3.05) is 13.1 Å². The lowest BCUT2D eigenvalue weighted by atomic mass is 10.1. The number of aliphatic hydroxyl groups is 1. The first-order valence-corrected chi connectivity index (χ1v) is 7.82. The van der Waals surface area contributed by atoms with Crippen molar-refractivity contribution in [3.05, 3.63) is 35.4 Å². The molecule has 0 saturated heterocycles. The van der Waals surface area contributed by atoms with Crippen LogP contribution in [0.2, 0.25) is 0 Å². The van der Waals surface area contributed by atoms with Gasteiger partial charge in [0, 0.05) is 12.1 Å². The maximum absolute atomic E-state index is 12.6. The first-order valence-electron chi connectivity index (χ1n) is 7.82. The molecule has 0 aliphatic rings. The van der Waals surface area contributed by atoms with Crippen LogP contribution in [0.5, 0.6) is 0 Å². The van der Waals surface area contributed by atoms with Gasteiger partial charge in [0.15, 0.2) is 0 Å². The van der Waals surface area contributed by atoms with Crippen LogP contribution in [0.25, 0.3) is 0 Å². The zero-order valence-electron chi connectivity index (χ0n) is 13.8. The lowest BCUT2D eigenvalue weighted by molar-refractivity contribution is -0.137. The molecule has 0 aliphatic carbocycles. The van der Waals surface area contributed by atoms with Gasteiger partial charge >= 0.3 is 6.18 Å². The van der Waals surface area contributed by atoms with Crippen LogP contribution in [-0.2, 0) is 11.0 Å². The second kappa shape index (κ2) is 9.38. The number of benzene rings is 1. The van der Waals surface area contributed by atoms with Gasteiger partial charge in [-0.1, -0.05) is 19.4 Å². The van der Waals surface area contributed by atoms with Gasteiger partial charge in [-0.15, -0.1) is 0 Å². The molecule has 25 heavy (non-hydrogen) atoms. The van der Waals surface area contributed by atoms with Crippen LogP contribution in [-0.4, -0.2) is 42.2 Å². The summed E-state index contributed by atoms with van der Waals surface area (Å²) < 4.78 is 37.9. The standard InChI is InChI=1S/C16H22F3N3O3/c1-2-4-13(23)12(8-20)22-14(24)9-21-15(25)10-5-3-6-11(7-10)16(17,18)19/h3,5-7,12-13,23H,2,4,8-9,20H2,1H3,(H,21,25)(H,22,24)/t12?,13-/m0/s1. The van der Waals surface area contributed by atoms with Gasteiger partial charge < -0.3 is 21.5 Å². The molecule has 0 heterocycles. The maximum atomic E-state index is 12.6. The number of carbonyl (C=O) groups excluding carboxylic acids is 2. The van der Waals surface area contributed by atoms with Gasteiger partial charge in [0.05, 0.1) is 24.3 Å². The topological polar surface area (TPSA) is 104 Å². The van der Waals surface area contributed by atoms with E-state index in [0.717, 1.165) is 12.1 Å². The Kier molecular flexibility index (Phi) is 7.85. The molecule has 0 aliphatic heterocycles. The number of nitrogens with one attached hydrogen (secondary N) is 2. The zero-order chi connectivity index (χ0) is 19.0. The fraction of sp³-hybridized carbons (Fsp3) is 0.500. The summed E-state index contributed by atoms with van der Waals surface area (Å²) in [6, 6.07) is 3.24. The third-order valence-electron chi connectivity index (χ3n) is 3.51. The van der Waals surface area contributed by atoms with Crippen LogP contribution >= 0.6 is 0 Å². The molecule has 1 rings (SSSR count). The first kappa shape index (κ1) is 20.9. The van der Waals surface area contributed by atoms with E-state index in [-0.39, 0.29) is 12.1 Å². The highest BCUT2D eigenvalue weighted by atomic mass is 19.4. The summed E-state index contributed by atoms with van der Waals surface area (Å²) in [4.78, 5) is 23.7. The van der Waals surface area contributed by atoms with Crippen LogP contribution in [0.3, 0.4) is 0 Å². The molecule has 1 aromatic rings. The Labute approximate surface area is 143 Å². The predicted octanol–water partition coefficient (Wildman–Crippen LogP) is 1.04. The second-order valence-electron chi connectivity index (χ2n) is 5.53. The number of halogens is 3. The number of rotatable bonds is 8. The Morgan fingerprint density at radius 2 is 2.00 bits per heavy atom. The van der Waals surface area contributed by atoms with Gasteiger partial charge in [-0.05, 0) is 24.6 Å². The minimum absolute atomic E-state index is 0.0223. The maximum Gasteiger partial charge on any atom is 0.416 e.